The zero-order valence-electron chi connectivity index (χ0n) is 12.7. The van der Waals surface area contributed by atoms with Crippen LogP contribution in [0.2, 0.25) is 0 Å². The summed E-state index contributed by atoms with van der Waals surface area (Å²) in [6.07, 6.45) is 1.28. The van der Waals surface area contributed by atoms with E-state index in [-0.39, 0.29) is 11.8 Å². The van der Waals surface area contributed by atoms with Crippen molar-refractivity contribution < 1.29 is 9.90 Å². The number of aliphatic hydroxyl groups is 1. The maximum Gasteiger partial charge on any atom is 0.254 e. The van der Waals surface area contributed by atoms with Crippen LogP contribution in [0.4, 0.5) is 0 Å². The van der Waals surface area contributed by atoms with E-state index < -0.39 is 6.10 Å². The summed E-state index contributed by atoms with van der Waals surface area (Å²) in [6, 6.07) is 9.81. The standard InChI is InChI=1S/C18H21NO2S/c1-13-11-22-12-16(13)18(21)19-9-7-15(8-10-19)17(20)14-5-3-2-4-6-14/h2-6,11-12,15,17,20H,7-10H2,1H3. The molecule has 1 aromatic carbocycles. The van der Waals surface area contributed by atoms with Crippen molar-refractivity contribution in [3.63, 3.8) is 0 Å². The minimum atomic E-state index is -0.429. The highest BCUT2D eigenvalue weighted by molar-refractivity contribution is 7.08. The molecule has 1 fully saturated rings. The molecule has 0 saturated carbocycles. The smallest absolute Gasteiger partial charge is 0.254 e. The Hall–Kier alpha value is -1.65. The number of amides is 1. The summed E-state index contributed by atoms with van der Waals surface area (Å²) in [4.78, 5) is 14.4. The summed E-state index contributed by atoms with van der Waals surface area (Å²) < 4.78 is 0. The molecule has 1 aliphatic rings. The fraction of sp³-hybridized carbons (Fsp3) is 0.389. The average Bonchev–Trinajstić information content (AvgIpc) is 3.00. The van der Waals surface area contributed by atoms with Gasteiger partial charge in [-0.3, -0.25) is 4.79 Å². The monoisotopic (exact) mass is 315 g/mol. The molecule has 2 heterocycles. The Bertz CT molecular complexity index is 630. The molecule has 1 unspecified atom stereocenters. The molecule has 3 rings (SSSR count). The van der Waals surface area contributed by atoms with Crippen LogP contribution >= 0.6 is 11.3 Å². The largest absolute Gasteiger partial charge is 0.388 e. The zero-order valence-corrected chi connectivity index (χ0v) is 13.6. The first-order valence-electron chi connectivity index (χ1n) is 7.72. The van der Waals surface area contributed by atoms with Crippen LogP contribution < -0.4 is 0 Å². The normalized spacial score (nSPS) is 17.5. The summed E-state index contributed by atoms with van der Waals surface area (Å²) in [5, 5.41) is 14.4. The molecule has 1 aromatic heterocycles. The van der Waals surface area contributed by atoms with Crippen LogP contribution in [0.5, 0.6) is 0 Å². The maximum atomic E-state index is 12.5. The highest BCUT2D eigenvalue weighted by Gasteiger charge is 2.29. The molecule has 2 aromatic rings. The molecule has 1 amide bonds. The number of piperidine rings is 1. The van der Waals surface area contributed by atoms with Crippen molar-refractivity contribution in [2.45, 2.75) is 25.9 Å². The fourth-order valence-corrected chi connectivity index (χ4v) is 3.91. The number of aliphatic hydroxyl groups excluding tert-OH is 1. The van der Waals surface area contributed by atoms with Gasteiger partial charge in [0.1, 0.15) is 0 Å². The molecule has 0 radical (unpaired) electrons. The first-order valence-corrected chi connectivity index (χ1v) is 8.66. The van der Waals surface area contributed by atoms with Crippen LogP contribution in [0, 0.1) is 12.8 Å². The highest BCUT2D eigenvalue weighted by atomic mass is 32.1. The predicted molar refractivity (Wildman–Crippen MR) is 89.1 cm³/mol. The van der Waals surface area contributed by atoms with Crippen molar-refractivity contribution in [3.05, 3.63) is 57.8 Å². The third kappa shape index (κ3) is 3.08. The maximum absolute atomic E-state index is 12.5. The first kappa shape index (κ1) is 15.3. The van der Waals surface area contributed by atoms with Gasteiger partial charge in [-0.2, -0.15) is 11.3 Å². The Morgan fingerprint density at radius 3 is 2.50 bits per heavy atom. The van der Waals surface area contributed by atoms with E-state index in [2.05, 4.69) is 0 Å². The number of likely N-dealkylation sites (tertiary alicyclic amines) is 1. The molecule has 116 valence electrons. The van der Waals surface area contributed by atoms with Crippen LogP contribution in [0.1, 0.15) is 40.4 Å². The molecule has 1 aliphatic heterocycles. The number of thiophene rings is 1. The number of nitrogens with zero attached hydrogens (tertiary/aromatic N) is 1. The third-order valence-corrected chi connectivity index (χ3v) is 5.36. The van der Waals surface area contributed by atoms with Gasteiger partial charge in [-0.15, -0.1) is 0 Å². The minimum Gasteiger partial charge on any atom is -0.388 e. The van der Waals surface area contributed by atoms with E-state index >= 15 is 0 Å². The SMILES string of the molecule is Cc1cscc1C(=O)N1CCC(C(O)c2ccccc2)CC1. The average molecular weight is 315 g/mol. The minimum absolute atomic E-state index is 0.131. The Balaban J connectivity index is 1.61. The molecular formula is C18H21NO2S. The van der Waals surface area contributed by atoms with Crippen molar-refractivity contribution in [2.75, 3.05) is 13.1 Å². The molecular weight excluding hydrogens is 294 g/mol. The van der Waals surface area contributed by atoms with E-state index in [9.17, 15) is 9.90 Å². The van der Waals surface area contributed by atoms with Gasteiger partial charge in [-0.05, 0) is 42.2 Å². The van der Waals surface area contributed by atoms with E-state index in [4.69, 9.17) is 0 Å². The van der Waals surface area contributed by atoms with Crippen LogP contribution in [-0.4, -0.2) is 29.0 Å². The second-order valence-corrected chi connectivity index (χ2v) is 6.70. The van der Waals surface area contributed by atoms with Crippen LogP contribution in [0.15, 0.2) is 41.1 Å². The van der Waals surface area contributed by atoms with E-state index in [1.807, 2.05) is 52.9 Å². The number of carbonyl (C=O) groups excluding carboxylic acids is 1. The quantitative estimate of drug-likeness (QED) is 0.939. The van der Waals surface area contributed by atoms with Crippen molar-refractivity contribution >= 4 is 17.2 Å². The highest BCUT2D eigenvalue weighted by Crippen LogP contribution is 2.31. The number of hydrogen-bond donors (Lipinski definition) is 1. The van der Waals surface area contributed by atoms with Gasteiger partial charge in [-0.25, -0.2) is 0 Å². The summed E-state index contributed by atoms with van der Waals surface area (Å²) in [5.41, 5.74) is 2.86. The van der Waals surface area contributed by atoms with Crippen LogP contribution in [0.3, 0.4) is 0 Å². The topological polar surface area (TPSA) is 40.5 Å². The molecule has 0 spiro atoms. The molecule has 1 saturated heterocycles. The van der Waals surface area contributed by atoms with Gasteiger partial charge in [0, 0.05) is 18.5 Å². The molecule has 4 heteroatoms. The second kappa shape index (κ2) is 6.63. The van der Waals surface area contributed by atoms with Gasteiger partial charge < -0.3 is 10.0 Å². The van der Waals surface area contributed by atoms with E-state index in [1.165, 1.54) is 0 Å². The molecule has 3 nitrogen and oxygen atoms in total. The van der Waals surface area contributed by atoms with Gasteiger partial charge >= 0.3 is 0 Å². The van der Waals surface area contributed by atoms with Gasteiger partial charge in [0.25, 0.3) is 5.91 Å². The van der Waals surface area contributed by atoms with Gasteiger partial charge in [-0.1, -0.05) is 30.3 Å². The van der Waals surface area contributed by atoms with E-state index in [0.717, 1.165) is 42.6 Å². The number of carbonyl (C=O) groups is 1. The summed E-state index contributed by atoms with van der Waals surface area (Å²) in [7, 11) is 0. The Labute approximate surface area is 135 Å². The Morgan fingerprint density at radius 1 is 1.23 bits per heavy atom. The van der Waals surface area contributed by atoms with E-state index in [1.54, 1.807) is 11.3 Å². The molecule has 22 heavy (non-hydrogen) atoms. The number of hydrogen-bond acceptors (Lipinski definition) is 3. The van der Waals surface area contributed by atoms with Gasteiger partial charge in [0.2, 0.25) is 0 Å². The lowest BCUT2D eigenvalue weighted by Crippen LogP contribution is -2.39. The lowest BCUT2D eigenvalue weighted by atomic mass is 9.87. The summed E-state index contributed by atoms with van der Waals surface area (Å²) >= 11 is 1.57. The lowest BCUT2D eigenvalue weighted by molar-refractivity contribution is 0.0462. The first-order chi connectivity index (χ1) is 10.7. The van der Waals surface area contributed by atoms with Crippen molar-refractivity contribution in [1.29, 1.82) is 0 Å². The lowest BCUT2D eigenvalue weighted by Gasteiger charge is -2.34. The fourth-order valence-electron chi connectivity index (χ4n) is 3.09. The summed E-state index contributed by atoms with van der Waals surface area (Å²) in [5.74, 6) is 0.362. The number of benzene rings is 1. The van der Waals surface area contributed by atoms with Crippen LogP contribution in [-0.2, 0) is 0 Å². The van der Waals surface area contributed by atoms with Crippen LogP contribution in [0.25, 0.3) is 0 Å². The third-order valence-electron chi connectivity index (χ3n) is 4.50. The predicted octanol–water partition coefficient (Wildman–Crippen LogP) is 3.64. The summed E-state index contributed by atoms with van der Waals surface area (Å²) in [6.45, 7) is 3.43. The zero-order chi connectivity index (χ0) is 15.5. The molecule has 0 bridgehead atoms. The van der Waals surface area contributed by atoms with E-state index in [0.29, 0.717) is 0 Å². The molecule has 1 atom stereocenters. The van der Waals surface area contributed by atoms with Crippen molar-refractivity contribution in [1.82, 2.24) is 4.90 Å². The van der Waals surface area contributed by atoms with Gasteiger partial charge in [0.05, 0.1) is 11.7 Å². The van der Waals surface area contributed by atoms with Crippen molar-refractivity contribution in [2.24, 2.45) is 5.92 Å². The van der Waals surface area contributed by atoms with Gasteiger partial charge in [0.15, 0.2) is 0 Å². The number of rotatable bonds is 3. The van der Waals surface area contributed by atoms with Crippen molar-refractivity contribution in [3.8, 4) is 0 Å². The molecule has 0 aliphatic carbocycles. The number of aryl methyl sites for hydroxylation is 1. The Kier molecular flexibility index (Phi) is 4.60. The Morgan fingerprint density at radius 2 is 1.91 bits per heavy atom. The second-order valence-electron chi connectivity index (χ2n) is 5.95. The molecule has 1 N–H and O–H groups in total.